The summed E-state index contributed by atoms with van der Waals surface area (Å²) in [6.45, 7) is 0. The average molecular weight is 320 g/mol. The maximum Gasteiger partial charge on any atom is 0.347 e. The quantitative estimate of drug-likeness (QED) is 0.861. The molecule has 0 bridgehead atoms. The number of benzene rings is 1. The molecule has 0 saturated heterocycles. The Hall–Kier alpha value is -1.34. The normalized spacial score (nSPS) is 10.5. The number of carboxylic acids is 1. The molecule has 17 heavy (non-hydrogen) atoms. The van der Waals surface area contributed by atoms with Crippen molar-refractivity contribution in [1.29, 1.82) is 0 Å². The second-order valence-electron chi connectivity index (χ2n) is 3.06. The molecule has 0 aliphatic rings. The number of nitrogens with zero attached hydrogens (tertiary/aromatic N) is 1. The molecule has 1 aromatic heterocycles. The summed E-state index contributed by atoms with van der Waals surface area (Å²) in [5, 5.41) is 9.05. The first-order valence-corrected chi connectivity index (χ1v) is 5.94. The van der Waals surface area contributed by atoms with Gasteiger partial charge in [-0.3, -0.25) is 0 Å². The van der Waals surface area contributed by atoms with Gasteiger partial charge in [-0.2, -0.15) is 0 Å². The summed E-state index contributed by atoms with van der Waals surface area (Å²) >= 11 is 3.81. The summed E-state index contributed by atoms with van der Waals surface area (Å²) in [4.78, 5) is 14.6. The summed E-state index contributed by atoms with van der Waals surface area (Å²) in [6, 6.07) is 2.31. The molecule has 1 heterocycles. The Labute approximate surface area is 107 Å². The van der Waals surface area contributed by atoms with Crippen LogP contribution < -0.4 is 0 Å². The number of thiazole rings is 1. The van der Waals surface area contributed by atoms with Crippen molar-refractivity contribution in [2.45, 2.75) is 0 Å². The van der Waals surface area contributed by atoms with Crippen LogP contribution in [0.3, 0.4) is 0 Å². The standard InChI is InChI=1S/C10H4BrF2NO2S/c11-7-4(1-2-5(12)8(7)13)9-14-3-6(17-9)10(15)16/h1-3H,(H,15,16). The minimum atomic E-state index is -1.10. The monoisotopic (exact) mass is 319 g/mol. The molecule has 1 aromatic carbocycles. The molecule has 2 aromatic rings. The number of aromatic carboxylic acids is 1. The van der Waals surface area contributed by atoms with Gasteiger partial charge in [0.25, 0.3) is 0 Å². The molecule has 0 fully saturated rings. The fraction of sp³-hybridized carbons (Fsp3) is 0. The molecule has 7 heteroatoms. The highest BCUT2D eigenvalue weighted by Gasteiger charge is 2.16. The predicted molar refractivity (Wildman–Crippen MR) is 62.1 cm³/mol. The van der Waals surface area contributed by atoms with Crippen LogP contribution in [0.5, 0.6) is 0 Å². The summed E-state index contributed by atoms with van der Waals surface area (Å²) in [7, 11) is 0. The van der Waals surface area contributed by atoms with E-state index in [1.165, 1.54) is 12.3 Å². The summed E-state index contributed by atoms with van der Waals surface area (Å²) in [5.41, 5.74) is 0.321. The molecule has 0 radical (unpaired) electrons. The van der Waals surface area contributed by atoms with Gasteiger partial charge in [0, 0.05) is 5.56 Å². The number of halogens is 3. The average Bonchev–Trinajstić information content (AvgIpc) is 2.75. The van der Waals surface area contributed by atoms with Gasteiger partial charge < -0.3 is 5.11 Å². The van der Waals surface area contributed by atoms with Crippen molar-refractivity contribution < 1.29 is 18.7 Å². The minimum absolute atomic E-state index is 0.0385. The molecule has 0 spiro atoms. The van der Waals surface area contributed by atoms with E-state index >= 15 is 0 Å². The first kappa shape index (κ1) is 12.1. The maximum atomic E-state index is 13.3. The van der Waals surface area contributed by atoms with E-state index in [1.807, 2.05) is 0 Å². The van der Waals surface area contributed by atoms with Gasteiger partial charge in [-0.1, -0.05) is 0 Å². The molecule has 0 unspecified atom stereocenters. The van der Waals surface area contributed by atoms with Gasteiger partial charge in [-0.25, -0.2) is 18.6 Å². The van der Waals surface area contributed by atoms with E-state index in [4.69, 9.17) is 5.11 Å². The third-order valence-electron chi connectivity index (χ3n) is 1.98. The van der Waals surface area contributed by atoms with E-state index in [0.29, 0.717) is 10.6 Å². The van der Waals surface area contributed by atoms with Crippen molar-refractivity contribution in [3.8, 4) is 10.6 Å². The van der Waals surface area contributed by atoms with E-state index in [9.17, 15) is 13.6 Å². The van der Waals surface area contributed by atoms with Crippen molar-refractivity contribution >= 4 is 33.2 Å². The van der Waals surface area contributed by atoms with Crippen molar-refractivity contribution in [1.82, 2.24) is 4.98 Å². The Kier molecular flexibility index (Phi) is 3.21. The molecule has 0 saturated carbocycles. The van der Waals surface area contributed by atoms with Gasteiger partial charge in [-0.15, -0.1) is 11.3 Å². The van der Waals surface area contributed by atoms with Crippen LogP contribution in [0.4, 0.5) is 8.78 Å². The lowest BCUT2D eigenvalue weighted by atomic mass is 10.2. The van der Waals surface area contributed by atoms with Crippen LogP contribution in [-0.4, -0.2) is 16.1 Å². The van der Waals surface area contributed by atoms with Crippen LogP contribution in [0.1, 0.15) is 9.67 Å². The fourth-order valence-corrected chi connectivity index (χ4v) is 2.62. The van der Waals surface area contributed by atoms with E-state index in [1.54, 1.807) is 0 Å². The zero-order valence-electron chi connectivity index (χ0n) is 8.08. The number of aromatic nitrogens is 1. The molecule has 3 nitrogen and oxygen atoms in total. The molecular weight excluding hydrogens is 316 g/mol. The smallest absolute Gasteiger partial charge is 0.347 e. The van der Waals surface area contributed by atoms with Gasteiger partial charge in [0.05, 0.1) is 10.7 Å². The topological polar surface area (TPSA) is 50.2 Å². The van der Waals surface area contributed by atoms with E-state index in [2.05, 4.69) is 20.9 Å². The number of hydrogen-bond acceptors (Lipinski definition) is 3. The highest BCUT2D eigenvalue weighted by molar-refractivity contribution is 9.10. The van der Waals surface area contributed by atoms with E-state index < -0.39 is 17.6 Å². The lowest BCUT2D eigenvalue weighted by Crippen LogP contribution is -1.89. The molecule has 2 rings (SSSR count). The Morgan fingerprint density at radius 3 is 2.71 bits per heavy atom. The molecule has 88 valence electrons. The Balaban J connectivity index is 2.53. The third kappa shape index (κ3) is 2.20. The summed E-state index contributed by atoms with van der Waals surface area (Å²) < 4.78 is 26.1. The van der Waals surface area contributed by atoms with Gasteiger partial charge >= 0.3 is 5.97 Å². The van der Waals surface area contributed by atoms with Gasteiger partial charge in [0.2, 0.25) is 0 Å². The lowest BCUT2D eigenvalue weighted by Gasteiger charge is -2.02. The predicted octanol–water partition coefficient (Wildman–Crippen LogP) is 3.55. The molecule has 0 amide bonds. The lowest BCUT2D eigenvalue weighted by molar-refractivity contribution is 0.0702. The second kappa shape index (κ2) is 4.50. The Morgan fingerprint density at radius 1 is 1.41 bits per heavy atom. The zero-order chi connectivity index (χ0) is 12.6. The van der Waals surface area contributed by atoms with E-state index in [-0.39, 0.29) is 9.35 Å². The highest BCUT2D eigenvalue weighted by atomic mass is 79.9. The van der Waals surface area contributed by atoms with Crippen molar-refractivity contribution in [2.24, 2.45) is 0 Å². The van der Waals surface area contributed by atoms with Crippen molar-refractivity contribution in [2.75, 3.05) is 0 Å². The van der Waals surface area contributed by atoms with Crippen LogP contribution in [-0.2, 0) is 0 Å². The molecule has 0 aliphatic carbocycles. The van der Waals surface area contributed by atoms with Gasteiger partial charge in [-0.05, 0) is 28.1 Å². The highest BCUT2D eigenvalue weighted by Crippen LogP contribution is 2.33. The maximum absolute atomic E-state index is 13.3. The number of hydrogen-bond donors (Lipinski definition) is 1. The summed E-state index contributed by atoms with van der Waals surface area (Å²) in [6.07, 6.45) is 1.18. The van der Waals surface area contributed by atoms with Gasteiger partial charge in [0.15, 0.2) is 11.6 Å². The zero-order valence-corrected chi connectivity index (χ0v) is 10.5. The van der Waals surface area contributed by atoms with Crippen LogP contribution in [0.15, 0.2) is 22.8 Å². The largest absolute Gasteiger partial charge is 0.477 e. The first-order chi connectivity index (χ1) is 8.00. The van der Waals surface area contributed by atoms with Crippen LogP contribution in [0.25, 0.3) is 10.6 Å². The minimum Gasteiger partial charge on any atom is -0.477 e. The Morgan fingerprint density at radius 2 is 2.12 bits per heavy atom. The SMILES string of the molecule is O=C(O)c1cnc(-c2ccc(F)c(F)c2Br)s1. The second-order valence-corrected chi connectivity index (χ2v) is 4.88. The molecule has 0 atom stereocenters. The van der Waals surface area contributed by atoms with Gasteiger partial charge in [0.1, 0.15) is 9.88 Å². The summed E-state index contributed by atoms with van der Waals surface area (Å²) in [5.74, 6) is -3.10. The van der Waals surface area contributed by atoms with Crippen LogP contribution >= 0.6 is 27.3 Å². The van der Waals surface area contributed by atoms with Crippen LogP contribution in [0.2, 0.25) is 0 Å². The molecule has 0 aliphatic heterocycles. The fourth-order valence-electron chi connectivity index (χ4n) is 1.19. The van der Waals surface area contributed by atoms with E-state index in [0.717, 1.165) is 17.4 Å². The van der Waals surface area contributed by atoms with Crippen molar-refractivity contribution in [3.63, 3.8) is 0 Å². The number of carbonyl (C=O) groups is 1. The first-order valence-electron chi connectivity index (χ1n) is 4.33. The molecule has 1 N–H and O–H groups in total. The third-order valence-corrected chi connectivity index (χ3v) is 3.78. The number of carboxylic acid groups (broad SMARTS) is 1. The number of rotatable bonds is 2. The Bertz CT molecular complexity index is 600. The van der Waals surface area contributed by atoms with Crippen LogP contribution in [0, 0.1) is 11.6 Å². The van der Waals surface area contributed by atoms with Crippen molar-refractivity contribution in [3.05, 3.63) is 39.3 Å². The molecular formula is C10H4BrF2NO2S.